The highest BCUT2D eigenvalue weighted by Crippen LogP contribution is 2.38. The molecule has 12 heteroatoms. The zero-order valence-corrected chi connectivity index (χ0v) is 34.2. The fourth-order valence-electron chi connectivity index (χ4n) is 7.25. The molecule has 0 spiro atoms. The summed E-state index contributed by atoms with van der Waals surface area (Å²) in [5, 5.41) is 28.3. The van der Waals surface area contributed by atoms with Crippen LogP contribution in [0.5, 0.6) is 23.3 Å². The van der Waals surface area contributed by atoms with Gasteiger partial charge in [0.25, 0.3) is 5.95 Å². The van der Waals surface area contributed by atoms with Gasteiger partial charge in [-0.3, -0.25) is 0 Å². The first-order valence-electron chi connectivity index (χ1n) is 19.6. The normalized spacial score (nSPS) is 11.0. The molecule has 8 aromatic rings. The molecule has 6 aromatic carbocycles. The van der Waals surface area contributed by atoms with Crippen molar-refractivity contribution >= 4 is 22.7 Å². The highest BCUT2D eigenvalue weighted by molar-refractivity contribution is 6.28. The number of aliphatic hydroxyl groups excluding tert-OH is 2. The SMILES string of the molecule is COc1ccc(CCc2cc(CO)c(CO)c(OC)c2)cc1Oc1nc(Cl)nc(-n2cc(-c3ccc(C(=C(c4ccccc4)c4ccccc4)c4ccccc4)cc3)nn2)n1. The highest BCUT2D eigenvalue weighted by Gasteiger charge is 2.19. The van der Waals surface area contributed by atoms with E-state index in [2.05, 4.69) is 110 Å². The number of ether oxygens (including phenoxy) is 3. The zero-order chi connectivity index (χ0) is 42.1. The largest absolute Gasteiger partial charge is 0.496 e. The van der Waals surface area contributed by atoms with Crippen LogP contribution < -0.4 is 14.2 Å². The molecule has 61 heavy (non-hydrogen) atoms. The standard InChI is InChI=1S/C49H41ClN6O5/c1-59-42-25-20-32(18-19-33-26-39(30-57)40(31-58)43(28-33)60-2)27-44(42)61-49-52-47(50)51-48(53-49)56-29-41(54-55-56)34-21-23-38(24-22-34)46(37-16-10-5-11-17-37)45(35-12-6-3-7-13-35)36-14-8-4-9-15-36/h3-17,20-29,57-58H,18-19,30-31H2,1-2H3. The number of nitrogens with zero attached hydrogens (tertiary/aromatic N) is 6. The summed E-state index contributed by atoms with van der Waals surface area (Å²) in [7, 11) is 3.09. The fourth-order valence-corrected chi connectivity index (χ4v) is 7.40. The van der Waals surface area contributed by atoms with Gasteiger partial charge in [-0.05, 0) is 92.7 Å². The van der Waals surface area contributed by atoms with Gasteiger partial charge in [-0.2, -0.15) is 19.6 Å². The molecule has 0 unspecified atom stereocenters. The zero-order valence-electron chi connectivity index (χ0n) is 33.4. The second kappa shape index (κ2) is 18.8. The van der Waals surface area contributed by atoms with Crippen molar-refractivity contribution in [3.8, 4) is 40.5 Å². The molecule has 0 bridgehead atoms. The van der Waals surface area contributed by atoms with Gasteiger partial charge in [-0.15, -0.1) is 5.10 Å². The van der Waals surface area contributed by atoms with Crippen molar-refractivity contribution in [2.45, 2.75) is 26.1 Å². The fraction of sp³-hybridized carbons (Fsp3) is 0.122. The van der Waals surface area contributed by atoms with Gasteiger partial charge in [0.2, 0.25) is 5.28 Å². The number of benzene rings is 6. The van der Waals surface area contributed by atoms with Gasteiger partial charge in [0.15, 0.2) is 11.5 Å². The van der Waals surface area contributed by atoms with Crippen LogP contribution in [0.25, 0.3) is 28.4 Å². The van der Waals surface area contributed by atoms with Crippen molar-refractivity contribution in [3.63, 3.8) is 0 Å². The molecule has 304 valence electrons. The summed E-state index contributed by atoms with van der Waals surface area (Å²) >= 11 is 6.41. The number of aryl methyl sites for hydroxylation is 2. The van der Waals surface area contributed by atoms with Crippen LogP contribution in [0.1, 0.15) is 44.5 Å². The molecule has 0 radical (unpaired) electrons. The summed E-state index contributed by atoms with van der Waals surface area (Å²) in [6.45, 7) is -0.437. The molecule has 0 aliphatic rings. The van der Waals surface area contributed by atoms with Crippen LogP contribution >= 0.6 is 11.6 Å². The second-order valence-electron chi connectivity index (χ2n) is 14.0. The molecule has 0 atom stereocenters. The Balaban J connectivity index is 1.05. The van der Waals surface area contributed by atoms with Crippen molar-refractivity contribution in [1.29, 1.82) is 0 Å². The first-order valence-corrected chi connectivity index (χ1v) is 19.9. The van der Waals surface area contributed by atoms with E-state index in [1.54, 1.807) is 26.5 Å². The highest BCUT2D eigenvalue weighted by atomic mass is 35.5. The summed E-state index contributed by atoms with van der Waals surface area (Å²) in [4.78, 5) is 13.0. The topological polar surface area (TPSA) is 138 Å². The van der Waals surface area contributed by atoms with Crippen LogP contribution in [0.3, 0.4) is 0 Å². The Morgan fingerprint density at radius 3 is 1.74 bits per heavy atom. The van der Waals surface area contributed by atoms with Crippen molar-refractivity contribution in [3.05, 3.63) is 202 Å². The Labute approximate surface area is 358 Å². The van der Waals surface area contributed by atoms with Gasteiger partial charge in [0.1, 0.15) is 11.4 Å². The van der Waals surface area contributed by atoms with Crippen LogP contribution in [-0.2, 0) is 26.1 Å². The second-order valence-corrected chi connectivity index (χ2v) is 14.3. The van der Waals surface area contributed by atoms with E-state index in [1.807, 2.05) is 54.6 Å². The van der Waals surface area contributed by atoms with E-state index in [1.165, 1.54) is 4.68 Å². The summed E-state index contributed by atoms with van der Waals surface area (Å²) in [5.74, 6) is 1.49. The van der Waals surface area contributed by atoms with E-state index in [0.717, 1.165) is 50.1 Å². The molecule has 8 rings (SSSR count). The van der Waals surface area contributed by atoms with E-state index < -0.39 is 0 Å². The average Bonchev–Trinajstić information content (AvgIpc) is 3.81. The predicted octanol–water partition coefficient (Wildman–Crippen LogP) is 9.36. The van der Waals surface area contributed by atoms with Gasteiger partial charge >= 0.3 is 6.01 Å². The van der Waals surface area contributed by atoms with Crippen LogP contribution in [-0.4, -0.2) is 54.4 Å². The lowest BCUT2D eigenvalue weighted by Crippen LogP contribution is -2.06. The van der Waals surface area contributed by atoms with Crippen molar-refractivity contribution in [2.75, 3.05) is 14.2 Å². The number of rotatable bonds is 15. The summed E-state index contributed by atoms with van der Waals surface area (Å²) in [5.41, 5.74) is 11.1. The summed E-state index contributed by atoms with van der Waals surface area (Å²) in [6.07, 6.45) is 2.99. The van der Waals surface area contributed by atoms with Crippen LogP contribution in [0.2, 0.25) is 5.28 Å². The number of aliphatic hydroxyl groups is 2. The maximum absolute atomic E-state index is 9.88. The van der Waals surface area contributed by atoms with Gasteiger partial charge in [-0.25, -0.2) is 0 Å². The van der Waals surface area contributed by atoms with Gasteiger partial charge < -0.3 is 24.4 Å². The van der Waals surface area contributed by atoms with Gasteiger partial charge in [-0.1, -0.05) is 133 Å². The Hall–Kier alpha value is -7.18. The van der Waals surface area contributed by atoms with Crippen LogP contribution in [0.15, 0.2) is 152 Å². The molecule has 0 saturated carbocycles. The first-order chi connectivity index (χ1) is 29.9. The smallest absolute Gasteiger partial charge is 0.328 e. The molecule has 2 N–H and O–H groups in total. The van der Waals surface area contributed by atoms with Crippen molar-refractivity contribution in [1.82, 2.24) is 29.9 Å². The number of methoxy groups -OCH3 is 2. The van der Waals surface area contributed by atoms with E-state index in [-0.39, 0.29) is 30.5 Å². The molecular formula is C49H41ClN6O5. The van der Waals surface area contributed by atoms with Crippen molar-refractivity contribution < 1.29 is 24.4 Å². The molecule has 2 aromatic heterocycles. The minimum absolute atomic E-state index is 0.0587. The Morgan fingerprint density at radius 2 is 1.16 bits per heavy atom. The maximum Gasteiger partial charge on any atom is 0.328 e. The quantitative estimate of drug-likeness (QED) is 0.0962. The van der Waals surface area contributed by atoms with Crippen LogP contribution in [0, 0.1) is 0 Å². The van der Waals surface area contributed by atoms with Gasteiger partial charge in [0.05, 0.1) is 33.6 Å². The van der Waals surface area contributed by atoms with E-state index in [9.17, 15) is 10.2 Å². The first kappa shape index (κ1) is 40.6. The minimum atomic E-state index is -0.228. The number of halogens is 1. The lowest BCUT2D eigenvalue weighted by atomic mass is 9.85. The number of hydrogen-bond acceptors (Lipinski definition) is 10. The Kier molecular flexibility index (Phi) is 12.5. The molecule has 0 fully saturated rings. The predicted molar refractivity (Wildman–Crippen MR) is 235 cm³/mol. The van der Waals surface area contributed by atoms with E-state index >= 15 is 0 Å². The van der Waals surface area contributed by atoms with E-state index in [0.29, 0.717) is 46.9 Å². The molecule has 2 heterocycles. The summed E-state index contributed by atoms with van der Waals surface area (Å²) < 4.78 is 18.7. The van der Waals surface area contributed by atoms with Crippen molar-refractivity contribution in [2.24, 2.45) is 0 Å². The molecule has 0 aliphatic heterocycles. The van der Waals surface area contributed by atoms with Gasteiger partial charge in [0, 0.05) is 11.1 Å². The summed E-state index contributed by atoms with van der Waals surface area (Å²) in [6, 6.07) is 48.9. The number of hydrogen-bond donors (Lipinski definition) is 2. The molecule has 0 amide bonds. The molecule has 11 nitrogen and oxygen atoms in total. The Morgan fingerprint density at radius 1 is 0.590 bits per heavy atom. The number of aromatic nitrogens is 6. The van der Waals surface area contributed by atoms with Crippen LogP contribution in [0.4, 0.5) is 0 Å². The third kappa shape index (κ3) is 9.19. The minimum Gasteiger partial charge on any atom is -0.496 e. The Bertz CT molecular complexity index is 2720. The average molecular weight is 829 g/mol. The lowest BCUT2D eigenvalue weighted by molar-refractivity contribution is 0.254. The maximum atomic E-state index is 9.88. The third-order valence-electron chi connectivity index (χ3n) is 10.2. The molecule has 0 saturated heterocycles. The molecule has 0 aliphatic carbocycles. The van der Waals surface area contributed by atoms with E-state index in [4.69, 9.17) is 25.8 Å². The molecular weight excluding hydrogens is 788 g/mol. The lowest BCUT2D eigenvalue weighted by Gasteiger charge is -2.18. The third-order valence-corrected chi connectivity index (χ3v) is 10.4. The monoisotopic (exact) mass is 828 g/mol.